The minimum absolute atomic E-state index is 0.849. The van der Waals surface area contributed by atoms with Gasteiger partial charge >= 0.3 is 23.9 Å². The molecule has 122 valence electrons. The second kappa shape index (κ2) is 8.49. The number of aliphatic carboxylic acids is 2. The maximum Gasteiger partial charge on any atom is 0.317 e. The van der Waals surface area contributed by atoms with Crippen LogP contribution in [-0.2, 0) is 38.2 Å². The summed E-state index contributed by atoms with van der Waals surface area (Å²) >= 11 is 0. The molecule has 2 unspecified atom stereocenters. The number of hydrogen-bond acceptors (Lipinski definition) is 8. The molecule has 0 aromatic rings. The van der Waals surface area contributed by atoms with Gasteiger partial charge < -0.3 is 19.7 Å². The first-order valence-corrected chi connectivity index (χ1v) is 5.80. The number of carbonyl (C=O) groups excluding carboxylic acids is 4. The number of ketones is 2. The molecule has 0 spiro atoms. The molecule has 0 radical (unpaired) electrons. The number of carboxylic acid groups (broad SMARTS) is 2. The van der Waals surface area contributed by atoms with Gasteiger partial charge in [0.25, 0.3) is 0 Å². The standard InChI is InChI=1S/C12H14O10/c1-21-8(17)4-6(14)10(12(20)22-2)9(11(18)19)5(13)3-7(15)16/h9-10H,3-4H2,1-2H3,(H,15,16)(H,18,19). The Kier molecular flexibility index (Phi) is 7.42. The molecule has 0 aromatic heterocycles. The lowest BCUT2D eigenvalue weighted by Gasteiger charge is -2.19. The Balaban J connectivity index is 5.59. The highest BCUT2D eigenvalue weighted by Crippen LogP contribution is 2.20. The van der Waals surface area contributed by atoms with Crippen LogP contribution in [0.3, 0.4) is 0 Å². The van der Waals surface area contributed by atoms with Crippen LogP contribution in [-0.4, -0.2) is 59.9 Å². The number of hydrogen-bond donors (Lipinski definition) is 2. The fraction of sp³-hybridized carbons (Fsp3) is 0.500. The van der Waals surface area contributed by atoms with Gasteiger partial charge in [0.2, 0.25) is 0 Å². The van der Waals surface area contributed by atoms with Gasteiger partial charge in [-0.3, -0.25) is 28.8 Å². The molecule has 0 aliphatic heterocycles. The fourth-order valence-electron chi connectivity index (χ4n) is 1.63. The molecule has 0 saturated heterocycles. The zero-order valence-electron chi connectivity index (χ0n) is 11.7. The first-order valence-electron chi connectivity index (χ1n) is 5.80. The second-order valence-electron chi connectivity index (χ2n) is 4.07. The number of esters is 2. The van der Waals surface area contributed by atoms with E-state index in [1.54, 1.807) is 0 Å². The lowest BCUT2D eigenvalue weighted by molar-refractivity contribution is -0.164. The van der Waals surface area contributed by atoms with Gasteiger partial charge in [0.05, 0.1) is 14.2 Å². The van der Waals surface area contributed by atoms with E-state index >= 15 is 0 Å². The largest absolute Gasteiger partial charge is 0.481 e. The SMILES string of the molecule is COC(=O)CC(=O)C(C(=O)OC)C(C(=O)O)C(=O)CC(=O)O. The summed E-state index contributed by atoms with van der Waals surface area (Å²) in [5.74, 6) is -12.9. The number of methoxy groups -OCH3 is 2. The Labute approximate surface area is 124 Å². The minimum Gasteiger partial charge on any atom is -0.481 e. The maximum atomic E-state index is 11.9. The van der Waals surface area contributed by atoms with Crippen LogP contribution in [0.25, 0.3) is 0 Å². The molecule has 0 saturated carbocycles. The quantitative estimate of drug-likeness (QED) is 0.384. The predicted octanol–water partition coefficient (Wildman–Crippen LogP) is -1.35. The molecule has 0 amide bonds. The summed E-state index contributed by atoms with van der Waals surface area (Å²) in [4.78, 5) is 67.9. The maximum absolute atomic E-state index is 11.9. The predicted molar refractivity (Wildman–Crippen MR) is 65.5 cm³/mol. The van der Waals surface area contributed by atoms with Crippen LogP contribution in [0.4, 0.5) is 0 Å². The molecule has 0 rings (SSSR count). The summed E-state index contributed by atoms with van der Waals surface area (Å²) < 4.78 is 8.47. The van der Waals surface area contributed by atoms with Crippen LogP contribution in [0.2, 0.25) is 0 Å². The summed E-state index contributed by atoms with van der Waals surface area (Å²) in [6.45, 7) is 0. The van der Waals surface area contributed by atoms with E-state index in [2.05, 4.69) is 9.47 Å². The number of carbonyl (C=O) groups is 6. The van der Waals surface area contributed by atoms with Crippen molar-refractivity contribution >= 4 is 35.4 Å². The first-order chi connectivity index (χ1) is 10.1. The van der Waals surface area contributed by atoms with Gasteiger partial charge in [-0.1, -0.05) is 0 Å². The van der Waals surface area contributed by atoms with Crippen molar-refractivity contribution in [3.05, 3.63) is 0 Å². The highest BCUT2D eigenvalue weighted by molar-refractivity contribution is 6.15. The number of Topliss-reactive ketones (excluding diaryl/α,β-unsaturated/α-hetero) is 2. The molecule has 0 aliphatic carbocycles. The van der Waals surface area contributed by atoms with Crippen LogP contribution in [0.5, 0.6) is 0 Å². The van der Waals surface area contributed by atoms with Crippen molar-refractivity contribution in [3.63, 3.8) is 0 Å². The van der Waals surface area contributed by atoms with E-state index in [-0.39, 0.29) is 0 Å². The number of ether oxygens (including phenoxy) is 2. The molecule has 0 fully saturated rings. The third-order valence-electron chi connectivity index (χ3n) is 2.62. The highest BCUT2D eigenvalue weighted by atomic mass is 16.5. The van der Waals surface area contributed by atoms with Crippen molar-refractivity contribution in [2.75, 3.05) is 14.2 Å². The third-order valence-corrected chi connectivity index (χ3v) is 2.62. The lowest BCUT2D eigenvalue weighted by Crippen LogP contribution is -2.42. The smallest absolute Gasteiger partial charge is 0.317 e. The van der Waals surface area contributed by atoms with Gasteiger partial charge in [-0.05, 0) is 0 Å². The Morgan fingerprint density at radius 1 is 0.818 bits per heavy atom. The molecule has 0 aliphatic rings. The number of rotatable bonds is 9. The van der Waals surface area contributed by atoms with Crippen LogP contribution in [0.15, 0.2) is 0 Å². The summed E-state index contributed by atoms with van der Waals surface area (Å²) in [6.07, 6.45) is -2.16. The number of carboxylic acids is 2. The molecule has 2 atom stereocenters. The molecular weight excluding hydrogens is 304 g/mol. The van der Waals surface area contributed by atoms with Gasteiger partial charge in [-0.15, -0.1) is 0 Å². The molecule has 22 heavy (non-hydrogen) atoms. The molecule has 0 heterocycles. The van der Waals surface area contributed by atoms with Crippen molar-refractivity contribution in [2.24, 2.45) is 11.8 Å². The average molecular weight is 318 g/mol. The topological polar surface area (TPSA) is 161 Å². The molecule has 2 N–H and O–H groups in total. The van der Waals surface area contributed by atoms with Gasteiger partial charge in [-0.2, -0.15) is 0 Å². The van der Waals surface area contributed by atoms with Crippen molar-refractivity contribution in [1.82, 2.24) is 0 Å². The molecular formula is C12H14O10. The van der Waals surface area contributed by atoms with Gasteiger partial charge in [0.1, 0.15) is 24.7 Å². The van der Waals surface area contributed by atoms with Crippen molar-refractivity contribution in [3.8, 4) is 0 Å². The normalized spacial score (nSPS) is 12.6. The zero-order valence-corrected chi connectivity index (χ0v) is 11.7. The van der Waals surface area contributed by atoms with Crippen LogP contribution in [0, 0.1) is 11.8 Å². The lowest BCUT2D eigenvalue weighted by atomic mass is 9.83. The van der Waals surface area contributed by atoms with Gasteiger partial charge in [0, 0.05) is 0 Å². The molecule has 10 heteroatoms. The average Bonchev–Trinajstić information content (AvgIpc) is 2.41. The fourth-order valence-corrected chi connectivity index (χ4v) is 1.63. The zero-order chi connectivity index (χ0) is 17.4. The van der Waals surface area contributed by atoms with E-state index in [1.807, 2.05) is 0 Å². The van der Waals surface area contributed by atoms with E-state index in [0.717, 1.165) is 14.2 Å². The Morgan fingerprint density at radius 3 is 1.68 bits per heavy atom. The van der Waals surface area contributed by atoms with E-state index in [1.165, 1.54) is 0 Å². The van der Waals surface area contributed by atoms with E-state index in [4.69, 9.17) is 10.2 Å². The molecule has 10 nitrogen and oxygen atoms in total. The van der Waals surface area contributed by atoms with Crippen LogP contribution < -0.4 is 0 Å². The highest BCUT2D eigenvalue weighted by Gasteiger charge is 2.45. The summed E-state index contributed by atoms with van der Waals surface area (Å²) in [5, 5.41) is 17.5. The van der Waals surface area contributed by atoms with Crippen molar-refractivity contribution in [1.29, 1.82) is 0 Å². The summed E-state index contributed by atoms with van der Waals surface area (Å²) in [6, 6.07) is 0. The molecule has 0 bridgehead atoms. The van der Waals surface area contributed by atoms with Gasteiger partial charge in [0.15, 0.2) is 11.6 Å². The van der Waals surface area contributed by atoms with E-state index in [0.29, 0.717) is 0 Å². The van der Waals surface area contributed by atoms with Crippen molar-refractivity contribution in [2.45, 2.75) is 12.8 Å². The molecule has 0 aromatic carbocycles. The Hall–Kier alpha value is -2.78. The monoisotopic (exact) mass is 318 g/mol. The summed E-state index contributed by atoms with van der Waals surface area (Å²) in [7, 11) is 1.81. The van der Waals surface area contributed by atoms with Gasteiger partial charge in [-0.25, -0.2) is 0 Å². The van der Waals surface area contributed by atoms with Crippen molar-refractivity contribution < 1.29 is 48.5 Å². The van der Waals surface area contributed by atoms with Crippen LogP contribution in [0.1, 0.15) is 12.8 Å². The Bertz CT molecular complexity index is 506. The first kappa shape index (κ1) is 19.2. The second-order valence-corrected chi connectivity index (χ2v) is 4.07. The minimum atomic E-state index is -2.26. The van der Waals surface area contributed by atoms with E-state index in [9.17, 15) is 28.8 Å². The third kappa shape index (κ3) is 5.31. The summed E-state index contributed by atoms with van der Waals surface area (Å²) in [5.41, 5.74) is 0. The van der Waals surface area contributed by atoms with Crippen LogP contribution >= 0.6 is 0 Å². The Morgan fingerprint density at radius 2 is 1.32 bits per heavy atom. The van der Waals surface area contributed by atoms with E-state index < -0.39 is 60.1 Å².